The Morgan fingerprint density at radius 2 is 1.33 bits per heavy atom. The molecule has 0 aliphatic carbocycles. The van der Waals surface area contributed by atoms with Gasteiger partial charge in [0.2, 0.25) is 6.23 Å². The van der Waals surface area contributed by atoms with Crippen molar-refractivity contribution in [3.63, 3.8) is 0 Å². The van der Waals surface area contributed by atoms with Crippen molar-refractivity contribution in [1.29, 1.82) is 0 Å². The second-order valence-corrected chi connectivity index (χ2v) is 7.56. The average Bonchev–Trinajstić information content (AvgIpc) is 2.79. The Labute approximate surface area is 177 Å². The molecule has 0 spiro atoms. The Bertz CT molecular complexity index is 1120. The highest BCUT2D eigenvalue weighted by Crippen LogP contribution is 2.30. The van der Waals surface area contributed by atoms with Crippen molar-refractivity contribution in [2.24, 2.45) is 0 Å². The predicted octanol–water partition coefficient (Wildman–Crippen LogP) is 6.47. The van der Waals surface area contributed by atoms with Gasteiger partial charge in [0, 0.05) is 17.2 Å². The Balaban J connectivity index is 1.80. The number of carbonyl (C=O) groups is 1. The predicted molar refractivity (Wildman–Crippen MR) is 122 cm³/mol. The second-order valence-electron chi connectivity index (χ2n) is 7.56. The summed E-state index contributed by atoms with van der Waals surface area (Å²) in [6.07, 6.45) is -0.551. The van der Waals surface area contributed by atoms with Crippen LogP contribution in [0, 0.1) is 0 Å². The molecular formula is C27H25NO2. The number of hydrogen-bond donors (Lipinski definition) is 0. The second kappa shape index (κ2) is 8.83. The van der Waals surface area contributed by atoms with E-state index >= 15 is 0 Å². The van der Waals surface area contributed by atoms with Crippen LogP contribution < -0.4 is 4.74 Å². The van der Waals surface area contributed by atoms with Crippen LogP contribution in [0.2, 0.25) is 0 Å². The van der Waals surface area contributed by atoms with E-state index < -0.39 is 6.23 Å². The molecule has 3 heteroatoms. The number of benzene rings is 4. The zero-order chi connectivity index (χ0) is 20.9. The summed E-state index contributed by atoms with van der Waals surface area (Å²) in [5, 5.41) is 2.28. The molecule has 4 rings (SSSR count). The largest absolute Gasteiger partial charge is 0.466 e. The van der Waals surface area contributed by atoms with Gasteiger partial charge in [-0.15, -0.1) is 0 Å². The number of ether oxygens (including phenoxy) is 1. The molecular weight excluding hydrogens is 370 g/mol. The summed E-state index contributed by atoms with van der Waals surface area (Å²) in [5.41, 5.74) is 1.59. The summed E-state index contributed by atoms with van der Waals surface area (Å²) in [6, 6.07) is 33.4. The smallest absolute Gasteiger partial charge is 0.257 e. The van der Waals surface area contributed by atoms with Crippen LogP contribution in [0.1, 0.15) is 36.0 Å². The first-order valence-electron chi connectivity index (χ1n) is 10.2. The molecule has 30 heavy (non-hydrogen) atoms. The number of hydrogen-bond acceptors (Lipinski definition) is 2. The number of fused-ring (bicyclic) bond motifs is 1. The molecule has 0 heterocycles. The highest BCUT2D eigenvalue weighted by atomic mass is 16.5. The molecule has 0 aromatic heterocycles. The number of carbonyl (C=O) groups excluding carboxylic acids is 1. The van der Waals surface area contributed by atoms with E-state index in [1.807, 2.05) is 97.6 Å². The fourth-order valence-electron chi connectivity index (χ4n) is 3.62. The summed E-state index contributed by atoms with van der Waals surface area (Å²) in [5.74, 6) is 0.668. The van der Waals surface area contributed by atoms with E-state index in [4.69, 9.17) is 4.74 Å². The van der Waals surface area contributed by atoms with Crippen molar-refractivity contribution in [3.8, 4) is 5.75 Å². The average molecular weight is 396 g/mol. The molecule has 0 saturated heterocycles. The lowest BCUT2D eigenvalue weighted by Gasteiger charge is -2.35. The molecule has 0 bridgehead atoms. The van der Waals surface area contributed by atoms with Crippen LogP contribution >= 0.6 is 0 Å². The molecule has 3 nitrogen and oxygen atoms in total. The summed E-state index contributed by atoms with van der Waals surface area (Å²) < 4.78 is 6.42. The lowest BCUT2D eigenvalue weighted by atomic mass is 10.0. The third-order valence-electron chi connectivity index (χ3n) is 5.11. The van der Waals surface area contributed by atoms with Crippen LogP contribution in [0.5, 0.6) is 5.75 Å². The van der Waals surface area contributed by atoms with Crippen LogP contribution in [-0.4, -0.2) is 16.8 Å². The number of para-hydroxylation sites is 1. The van der Waals surface area contributed by atoms with Gasteiger partial charge in [0.05, 0.1) is 0 Å². The van der Waals surface area contributed by atoms with E-state index in [1.54, 1.807) is 0 Å². The zero-order valence-electron chi connectivity index (χ0n) is 17.2. The SMILES string of the molecule is CC(C)N(C(=O)c1ccccc1)C(Oc1ccccc1)c1ccc2ccccc2c1. The van der Waals surface area contributed by atoms with Crippen molar-refractivity contribution in [1.82, 2.24) is 4.90 Å². The normalized spacial score (nSPS) is 12.0. The van der Waals surface area contributed by atoms with Gasteiger partial charge in [0.25, 0.3) is 5.91 Å². The minimum atomic E-state index is -0.551. The molecule has 0 aliphatic rings. The third kappa shape index (κ3) is 4.20. The maximum atomic E-state index is 13.5. The molecule has 1 atom stereocenters. The van der Waals surface area contributed by atoms with Crippen LogP contribution in [0.15, 0.2) is 103 Å². The molecule has 0 aliphatic heterocycles. The molecule has 0 N–H and O–H groups in total. The van der Waals surface area contributed by atoms with Crippen molar-refractivity contribution >= 4 is 16.7 Å². The maximum absolute atomic E-state index is 13.5. The quantitative estimate of drug-likeness (QED) is 0.350. The molecule has 150 valence electrons. The molecule has 1 unspecified atom stereocenters. The molecule has 0 saturated carbocycles. The van der Waals surface area contributed by atoms with Gasteiger partial charge in [-0.05, 0) is 55.0 Å². The molecule has 0 fully saturated rings. The summed E-state index contributed by atoms with van der Waals surface area (Å²) in [7, 11) is 0. The van der Waals surface area contributed by atoms with E-state index in [9.17, 15) is 4.79 Å². The van der Waals surface area contributed by atoms with E-state index in [-0.39, 0.29) is 11.9 Å². The van der Waals surface area contributed by atoms with Gasteiger partial charge in [-0.25, -0.2) is 0 Å². The lowest BCUT2D eigenvalue weighted by molar-refractivity contribution is 0.00648. The highest BCUT2D eigenvalue weighted by Gasteiger charge is 2.30. The summed E-state index contributed by atoms with van der Waals surface area (Å²) in [4.78, 5) is 15.3. The Hall–Kier alpha value is -3.59. The zero-order valence-corrected chi connectivity index (χ0v) is 17.2. The van der Waals surface area contributed by atoms with Gasteiger partial charge in [-0.2, -0.15) is 0 Å². The lowest BCUT2D eigenvalue weighted by Crippen LogP contribution is -2.42. The van der Waals surface area contributed by atoms with E-state index in [0.717, 1.165) is 22.1 Å². The van der Waals surface area contributed by atoms with Crippen molar-refractivity contribution in [3.05, 3.63) is 114 Å². The van der Waals surface area contributed by atoms with E-state index in [0.29, 0.717) is 5.56 Å². The minimum absolute atomic E-state index is 0.0558. The minimum Gasteiger partial charge on any atom is -0.466 e. The first-order valence-corrected chi connectivity index (χ1v) is 10.2. The summed E-state index contributed by atoms with van der Waals surface area (Å²) in [6.45, 7) is 4.03. The molecule has 1 amide bonds. The standard InChI is InChI=1S/C27H25NO2/c1-20(2)28(26(29)22-12-5-3-6-13-22)27(30-25-15-7-4-8-16-25)24-18-17-21-11-9-10-14-23(21)19-24/h3-20,27H,1-2H3. The monoisotopic (exact) mass is 395 g/mol. The highest BCUT2D eigenvalue weighted by molar-refractivity contribution is 5.94. The molecule has 0 radical (unpaired) electrons. The first kappa shape index (κ1) is 19.7. The maximum Gasteiger partial charge on any atom is 0.257 e. The van der Waals surface area contributed by atoms with Gasteiger partial charge in [-0.3, -0.25) is 9.69 Å². The fourth-order valence-corrected chi connectivity index (χ4v) is 3.62. The summed E-state index contributed by atoms with van der Waals surface area (Å²) >= 11 is 0. The van der Waals surface area contributed by atoms with Crippen LogP contribution in [-0.2, 0) is 0 Å². The first-order chi connectivity index (χ1) is 14.6. The van der Waals surface area contributed by atoms with E-state index in [1.165, 1.54) is 0 Å². The van der Waals surface area contributed by atoms with Gasteiger partial charge in [0.1, 0.15) is 5.75 Å². The Morgan fingerprint density at radius 1 is 0.733 bits per heavy atom. The van der Waals surface area contributed by atoms with Crippen molar-refractivity contribution in [2.75, 3.05) is 0 Å². The van der Waals surface area contributed by atoms with Gasteiger partial charge in [-0.1, -0.05) is 72.8 Å². The van der Waals surface area contributed by atoms with Crippen molar-refractivity contribution < 1.29 is 9.53 Å². The number of rotatable bonds is 6. The van der Waals surface area contributed by atoms with Gasteiger partial charge >= 0.3 is 0 Å². The topological polar surface area (TPSA) is 29.5 Å². The number of nitrogens with zero attached hydrogens (tertiary/aromatic N) is 1. The Morgan fingerprint density at radius 3 is 2.00 bits per heavy atom. The van der Waals surface area contributed by atoms with Crippen LogP contribution in [0.3, 0.4) is 0 Å². The van der Waals surface area contributed by atoms with Gasteiger partial charge in [0.15, 0.2) is 0 Å². The van der Waals surface area contributed by atoms with E-state index in [2.05, 4.69) is 24.3 Å². The van der Waals surface area contributed by atoms with Crippen LogP contribution in [0.4, 0.5) is 0 Å². The van der Waals surface area contributed by atoms with Crippen molar-refractivity contribution in [2.45, 2.75) is 26.1 Å². The molecule has 4 aromatic rings. The Kier molecular flexibility index (Phi) is 5.80. The third-order valence-corrected chi connectivity index (χ3v) is 5.11. The van der Waals surface area contributed by atoms with Gasteiger partial charge < -0.3 is 4.74 Å². The molecule has 4 aromatic carbocycles. The number of amides is 1. The fraction of sp³-hybridized carbons (Fsp3) is 0.148. The van der Waals surface area contributed by atoms with Crippen LogP contribution in [0.25, 0.3) is 10.8 Å².